The van der Waals surface area contributed by atoms with Crippen molar-refractivity contribution in [1.29, 1.82) is 0 Å². The van der Waals surface area contributed by atoms with Gasteiger partial charge in [0.15, 0.2) is 11.7 Å². The monoisotopic (exact) mass is 395 g/mol. The standard InChI is InChI=1S/C20H20ClN6O/c21-17-3-1-4-18(14-17)28-12-11-27(10-6-19(22)25-27)15-16-5-8-23-20(13-16)26-9-2-7-24-26/h1-10,13-14H,11-12,15H2,(H2,22,25)/q+1. The second-order valence-electron chi connectivity index (χ2n) is 6.49. The molecule has 0 fully saturated rings. The molecule has 4 rings (SSSR count). The summed E-state index contributed by atoms with van der Waals surface area (Å²) in [7, 11) is 0. The summed E-state index contributed by atoms with van der Waals surface area (Å²) < 4.78 is 7.92. The predicted octanol–water partition coefficient (Wildman–Crippen LogP) is 3.12. The van der Waals surface area contributed by atoms with Crippen LogP contribution in [0.2, 0.25) is 5.02 Å². The van der Waals surface area contributed by atoms with Crippen LogP contribution < -0.4 is 10.5 Å². The minimum Gasteiger partial charge on any atom is -0.488 e. The van der Waals surface area contributed by atoms with Gasteiger partial charge in [-0.3, -0.25) is 0 Å². The van der Waals surface area contributed by atoms with E-state index in [1.165, 1.54) is 0 Å². The van der Waals surface area contributed by atoms with Crippen molar-refractivity contribution in [3.05, 3.63) is 83.9 Å². The molecule has 142 valence electrons. The van der Waals surface area contributed by atoms with E-state index in [9.17, 15) is 0 Å². The number of pyridine rings is 1. The normalized spacial score (nSPS) is 18.2. The first-order valence-electron chi connectivity index (χ1n) is 8.87. The van der Waals surface area contributed by atoms with E-state index in [0.717, 1.165) is 17.1 Å². The van der Waals surface area contributed by atoms with Crippen LogP contribution in [0, 0.1) is 0 Å². The Bertz CT molecular complexity index is 1020. The first kappa shape index (κ1) is 18.2. The maximum atomic E-state index is 6.02. The highest BCUT2D eigenvalue weighted by Crippen LogP contribution is 2.23. The molecule has 2 aromatic heterocycles. The van der Waals surface area contributed by atoms with Gasteiger partial charge in [-0.15, -0.1) is 0 Å². The van der Waals surface area contributed by atoms with E-state index in [-0.39, 0.29) is 0 Å². The van der Waals surface area contributed by atoms with Crippen molar-refractivity contribution in [1.82, 2.24) is 14.8 Å². The van der Waals surface area contributed by atoms with Gasteiger partial charge >= 0.3 is 0 Å². The summed E-state index contributed by atoms with van der Waals surface area (Å²) in [4.78, 5) is 4.38. The third-order valence-corrected chi connectivity index (χ3v) is 4.62. The van der Waals surface area contributed by atoms with Gasteiger partial charge in [0.1, 0.15) is 31.6 Å². The highest BCUT2D eigenvalue weighted by atomic mass is 35.5. The molecular formula is C20H20ClN6O+. The van der Waals surface area contributed by atoms with E-state index >= 15 is 0 Å². The average Bonchev–Trinajstić information content (AvgIpc) is 3.33. The van der Waals surface area contributed by atoms with E-state index in [4.69, 9.17) is 22.1 Å². The number of hydrogen-bond donors (Lipinski definition) is 1. The Labute approximate surface area is 167 Å². The van der Waals surface area contributed by atoms with Gasteiger partial charge < -0.3 is 10.5 Å². The average molecular weight is 396 g/mol. The van der Waals surface area contributed by atoms with Crippen LogP contribution in [0.1, 0.15) is 5.56 Å². The second-order valence-corrected chi connectivity index (χ2v) is 6.92. The van der Waals surface area contributed by atoms with Crippen LogP contribution in [0.3, 0.4) is 0 Å². The van der Waals surface area contributed by atoms with E-state index in [2.05, 4.69) is 15.2 Å². The third kappa shape index (κ3) is 4.21. The first-order valence-corrected chi connectivity index (χ1v) is 9.25. The molecule has 3 aromatic rings. The van der Waals surface area contributed by atoms with Crippen molar-refractivity contribution < 1.29 is 9.33 Å². The fourth-order valence-electron chi connectivity index (χ4n) is 3.09. The molecule has 1 unspecified atom stereocenters. The molecule has 0 amide bonds. The number of nitrogens with two attached hydrogens (primary N) is 1. The number of benzene rings is 1. The molecule has 8 heteroatoms. The van der Waals surface area contributed by atoms with Gasteiger partial charge in [-0.05, 0) is 36.4 Å². The van der Waals surface area contributed by atoms with Crippen LogP contribution in [0.5, 0.6) is 5.75 Å². The summed E-state index contributed by atoms with van der Waals surface area (Å²) in [6, 6.07) is 13.2. The van der Waals surface area contributed by atoms with Crippen molar-refractivity contribution in [3.8, 4) is 11.6 Å². The second kappa shape index (κ2) is 7.84. The molecule has 1 aliphatic heterocycles. The van der Waals surface area contributed by atoms with Gasteiger partial charge in [0.05, 0.1) is 0 Å². The Hall–Kier alpha value is -3.16. The lowest BCUT2D eigenvalue weighted by Crippen LogP contribution is -2.39. The summed E-state index contributed by atoms with van der Waals surface area (Å²) in [5.74, 6) is 2.00. The van der Waals surface area contributed by atoms with Crippen LogP contribution in [-0.2, 0) is 6.54 Å². The number of rotatable bonds is 7. The number of ether oxygens (including phenoxy) is 1. The molecule has 0 saturated heterocycles. The molecule has 1 aromatic carbocycles. The van der Waals surface area contributed by atoms with E-state index in [1.54, 1.807) is 23.1 Å². The lowest BCUT2D eigenvalue weighted by atomic mass is 10.2. The maximum Gasteiger partial charge on any atom is 0.185 e. The molecular weight excluding hydrogens is 376 g/mol. The molecule has 0 bridgehead atoms. The highest BCUT2D eigenvalue weighted by molar-refractivity contribution is 6.30. The molecule has 7 nitrogen and oxygen atoms in total. The Morgan fingerprint density at radius 3 is 2.82 bits per heavy atom. The molecule has 0 spiro atoms. The summed E-state index contributed by atoms with van der Waals surface area (Å²) in [6.07, 6.45) is 9.18. The van der Waals surface area contributed by atoms with Crippen LogP contribution >= 0.6 is 11.6 Å². The number of halogens is 1. The van der Waals surface area contributed by atoms with Gasteiger partial charge in [0.25, 0.3) is 0 Å². The van der Waals surface area contributed by atoms with E-state index in [1.807, 2.05) is 54.9 Å². The van der Waals surface area contributed by atoms with Crippen LogP contribution in [-0.4, -0.2) is 38.3 Å². The van der Waals surface area contributed by atoms with Crippen molar-refractivity contribution in [3.63, 3.8) is 0 Å². The molecule has 28 heavy (non-hydrogen) atoms. The summed E-state index contributed by atoms with van der Waals surface area (Å²) >= 11 is 6.02. The van der Waals surface area contributed by atoms with Gasteiger partial charge in [0.2, 0.25) is 0 Å². The first-order chi connectivity index (χ1) is 13.6. The van der Waals surface area contributed by atoms with Gasteiger partial charge in [0, 0.05) is 35.3 Å². The lowest BCUT2D eigenvalue weighted by molar-refractivity contribution is -0.897. The molecule has 0 radical (unpaired) electrons. The number of nitrogens with zero attached hydrogens (tertiary/aromatic N) is 5. The van der Waals surface area contributed by atoms with Gasteiger partial charge in [-0.1, -0.05) is 22.8 Å². The van der Waals surface area contributed by atoms with Gasteiger partial charge in [-0.25, -0.2) is 9.67 Å². The van der Waals surface area contributed by atoms with Crippen molar-refractivity contribution in [2.45, 2.75) is 6.54 Å². The zero-order chi connectivity index (χ0) is 19.4. The third-order valence-electron chi connectivity index (χ3n) is 4.39. The number of amidine groups is 1. The smallest absolute Gasteiger partial charge is 0.185 e. The minimum atomic E-state index is 0.328. The Morgan fingerprint density at radius 1 is 1.14 bits per heavy atom. The zero-order valence-electron chi connectivity index (χ0n) is 15.1. The summed E-state index contributed by atoms with van der Waals surface area (Å²) in [5.41, 5.74) is 7.01. The zero-order valence-corrected chi connectivity index (χ0v) is 15.9. The largest absolute Gasteiger partial charge is 0.488 e. The number of aromatic nitrogens is 3. The van der Waals surface area contributed by atoms with Crippen molar-refractivity contribution in [2.24, 2.45) is 10.8 Å². The SMILES string of the molecule is NC1=N[N+](CCOc2cccc(Cl)c2)(Cc2ccnc(-n3cccn3)c2)C=C1. The fraction of sp³-hybridized carbons (Fsp3) is 0.150. The van der Waals surface area contributed by atoms with Gasteiger partial charge in [-0.2, -0.15) is 9.69 Å². The number of hydrogen-bond acceptors (Lipinski definition) is 5. The van der Waals surface area contributed by atoms with E-state index < -0.39 is 0 Å². The minimum absolute atomic E-state index is 0.328. The summed E-state index contributed by atoms with van der Waals surface area (Å²) in [5, 5.41) is 9.51. The molecule has 0 saturated carbocycles. The van der Waals surface area contributed by atoms with Crippen molar-refractivity contribution >= 4 is 17.4 Å². The maximum absolute atomic E-state index is 6.02. The fourth-order valence-corrected chi connectivity index (χ4v) is 3.27. The lowest BCUT2D eigenvalue weighted by Gasteiger charge is -2.26. The van der Waals surface area contributed by atoms with Crippen molar-refractivity contribution in [2.75, 3.05) is 13.2 Å². The highest BCUT2D eigenvalue weighted by Gasteiger charge is 2.30. The quantitative estimate of drug-likeness (QED) is 0.623. The number of quaternary nitrogens is 1. The molecule has 3 heterocycles. The van der Waals surface area contributed by atoms with Crippen LogP contribution in [0.4, 0.5) is 0 Å². The van der Waals surface area contributed by atoms with Crippen LogP contribution in [0.15, 0.2) is 78.4 Å². The predicted molar refractivity (Wildman–Crippen MR) is 108 cm³/mol. The molecule has 2 N–H and O–H groups in total. The molecule has 1 atom stereocenters. The van der Waals surface area contributed by atoms with E-state index in [0.29, 0.717) is 35.1 Å². The molecule has 0 aliphatic carbocycles. The summed E-state index contributed by atoms with van der Waals surface area (Å²) in [6.45, 7) is 1.73. The molecule has 1 aliphatic rings. The Morgan fingerprint density at radius 2 is 2.07 bits per heavy atom. The van der Waals surface area contributed by atoms with Crippen LogP contribution in [0.25, 0.3) is 5.82 Å². The Kier molecular flexibility index (Phi) is 5.10. The Balaban J connectivity index is 1.49. The topological polar surface area (TPSA) is 78.3 Å².